The number of aliphatic hydroxyl groups is 1. The van der Waals surface area contributed by atoms with Crippen LogP contribution < -0.4 is 10.5 Å². The van der Waals surface area contributed by atoms with Crippen LogP contribution in [0.5, 0.6) is 0 Å². The lowest BCUT2D eigenvalue weighted by Gasteiger charge is -2.15. The maximum atomic E-state index is 13.4. The second kappa shape index (κ2) is 5.50. The lowest BCUT2D eigenvalue weighted by molar-refractivity contribution is -0.200. The summed E-state index contributed by atoms with van der Waals surface area (Å²) in [7, 11) is -4.72. The van der Waals surface area contributed by atoms with Crippen molar-refractivity contribution in [1.82, 2.24) is 4.72 Å². The number of sulfonamides is 1. The number of rotatable bonds is 4. The Morgan fingerprint density at radius 2 is 1.85 bits per heavy atom. The molecule has 20 heavy (non-hydrogen) atoms. The van der Waals surface area contributed by atoms with Gasteiger partial charge in [0.25, 0.3) is 0 Å². The van der Waals surface area contributed by atoms with Gasteiger partial charge in [0, 0.05) is 6.54 Å². The van der Waals surface area contributed by atoms with Crippen LogP contribution in [0.2, 0.25) is 0 Å². The van der Waals surface area contributed by atoms with Gasteiger partial charge in [-0.2, -0.15) is 13.2 Å². The highest BCUT2D eigenvalue weighted by Crippen LogP contribution is 2.23. The van der Waals surface area contributed by atoms with E-state index in [2.05, 4.69) is 0 Å². The van der Waals surface area contributed by atoms with Crippen LogP contribution in [0.4, 0.5) is 27.6 Å². The number of hydrogen-bond acceptors (Lipinski definition) is 4. The molecule has 4 N–H and O–H groups in total. The van der Waals surface area contributed by atoms with Gasteiger partial charge in [0.15, 0.2) is 11.9 Å². The van der Waals surface area contributed by atoms with Crippen molar-refractivity contribution in [1.29, 1.82) is 0 Å². The molecule has 1 unspecified atom stereocenters. The van der Waals surface area contributed by atoms with Gasteiger partial charge in [-0.15, -0.1) is 0 Å². The highest BCUT2D eigenvalue weighted by atomic mass is 32.2. The van der Waals surface area contributed by atoms with E-state index in [9.17, 15) is 30.4 Å². The summed E-state index contributed by atoms with van der Waals surface area (Å²) in [5.74, 6) is -2.84. The molecule has 0 aromatic heterocycles. The predicted octanol–water partition coefficient (Wildman–Crippen LogP) is 0.749. The fraction of sp³-hybridized carbons (Fsp3) is 0.333. The Bertz CT molecular complexity index is 602. The van der Waals surface area contributed by atoms with Gasteiger partial charge in [-0.1, -0.05) is 0 Å². The summed E-state index contributed by atoms with van der Waals surface area (Å²) in [6, 6.07) is 1.05. The fourth-order valence-corrected chi connectivity index (χ4v) is 2.26. The standard InChI is InChI=1S/C9H9F5N2O3S/c10-4-1-2-5(7(11)8(4)15)20(18,19)16-3-6(17)9(12,13)14/h1-2,6,16-17H,3,15H2. The summed E-state index contributed by atoms with van der Waals surface area (Å²) < 4.78 is 86.7. The van der Waals surface area contributed by atoms with Crippen LogP contribution in [0.3, 0.4) is 0 Å². The first-order valence-electron chi connectivity index (χ1n) is 4.94. The van der Waals surface area contributed by atoms with Gasteiger partial charge >= 0.3 is 6.18 Å². The molecule has 0 spiro atoms. The zero-order valence-corrected chi connectivity index (χ0v) is 10.4. The summed E-state index contributed by atoms with van der Waals surface area (Å²) >= 11 is 0. The Balaban J connectivity index is 2.99. The number of nitrogen functional groups attached to an aromatic ring is 1. The molecule has 1 rings (SSSR count). The smallest absolute Gasteiger partial charge is 0.394 e. The average molecular weight is 320 g/mol. The molecule has 0 bridgehead atoms. The van der Waals surface area contributed by atoms with Crippen LogP contribution in [0.15, 0.2) is 17.0 Å². The van der Waals surface area contributed by atoms with E-state index in [4.69, 9.17) is 10.8 Å². The van der Waals surface area contributed by atoms with Crippen molar-refractivity contribution in [3.8, 4) is 0 Å². The molecule has 0 aliphatic rings. The minimum atomic E-state index is -5.04. The average Bonchev–Trinajstić information content (AvgIpc) is 2.31. The van der Waals surface area contributed by atoms with E-state index in [0.29, 0.717) is 12.1 Å². The normalized spacial score (nSPS) is 14.3. The van der Waals surface area contributed by atoms with Crippen molar-refractivity contribution in [3.63, 3.8) is 0 Å². The van der Waals surface area contributed by atoms with E-state index in [1.165, 1.54) is 4.72 Å². The molecule has 0 saturated carbocycles. The van der Waals surface area contributed by atoms with E-state index in [-0.39, 0.29) is 0 Å². The molecule has 0 fully saturated rings. The van der Waals surface area contributed by atoms with Gasteiger partial charge in [-0.3, -0.25) is 0 Å². The molecule has 5 nitrogen and oxygen atoms in total. The second-order valence-corrected chi connectivity index (χ2v) is 5.42. The number of halogens is 5. The molecule has 11 heteroatoms. The number of aliphatic hydroxyl groups excluding tert-OH is 1. The van der Waals surface area contributed by atoms with Crippen molar-refractivity contribution in [2.45, 2.75) is 17.2 Å². The maximum absolute atomic E-state index is 13.4. The van der Waals surface area contributed by atoms with Crippen molar-refractivity contribution < 1.29 is 35.5 Å². The third kappa shape index (κ3) is 3.55. The molecule has 1 atom stereocenters. The number of nitrogens with one attached hydrogen (secondary N) is 1. The van der Waals surface area contributed by atoms with E-state index >= 15 is 0 Å². The molecule has 0 aliphatic heterocycles. The third-order valence-electron chi connectivity index (χ3n) is 2.23. The quantitative estimate of drug-likeness (QED) is 0.564. The predicted molar refractivity (Wildman–Crippen MR) is 58.0 cm³/mol. The minimum Gasteiger partial charge on any atom is -0.394 e. The lowest BCUT2D eigenvalue weighted by atomic mass is 10.3. The van der Waals surface area contributed by atoms with E-state index < -0.39 is 51.1 Å². The Hall–Kier alpha value is -1.46. The van der Waals surface area contributed by atoms with E-state index in [0.717, 1.165) is 0 Å². The van der Waals surface area contributed by atoms with Crippen LogP contribution in [0, 0.1) is 11.6 Å². The first-order chi connectivity index (χ1) is 8.97. The lowest BCUT2D eigenvalue weighted by Crippen LogP contribution is -2.40. The zero-order chi connectivity index (χ0) is 15.7. The molecule has 0 heterocycles. The van der Waals surface area contributed by atoms with Gasteiger partial charge in [0.1, 0.15) is 16.4 Å². The Kier molecular flexibility index (Phi) is 4.56. The second-order valence-electron chi connectivity index (χ2n) is 3.68. The van der Waals surface area contributed by atoms with Gasteiger partial charge in [0.05, 0.1) is 0 Å². The first kappa shape index (κ1) is 16.6. The highest BCUT2D eigenvalue weighted by Gasteiger charge is 2.39. The van der Waals surface area contributed by atoms with Crippen molar-refractivity contribution in [2.24, 2.45) is 0 Å². The Morgan fingerprint density at radius 3 is 2.35 bits per heavy atom. The molecule has 1 aromatic carbocycles. The van der Waals surface area contributed by atoms with E-state index in [1.807, 2.05) is 0 Å². The Morgan fingerprint density at radius 1 is 1.30 bits per heavy atom. The van der Waals surface area contributed by atoms with Crippen molar-refractivity contribution >= 4 is 15.7 Å². The van der Waals surface area contributed by atoms with Gasteiger partial charge in [-0.05, 0) is 12.1 Å². The third-order valence-corrected chi connectivity index (χ3v) is 3.67. The van der Waals surface area contributed by atoms with Crippen LogP contribution in [-0.2, 0) is 10.0 Å². The SMILES string of the molecule is Nc1c(F)ccc(S(=O)(=O)NCC(O)C(F)(F)F)c1F. The zero-order valence-electron chi connectivity index (χ0n) is 9.58. The monoisotopic (exact) mass is 320 g/mol. The summed E-state index contributed by atoms with van der Waals surface area (Å²) in [5, 5.41) is 8.63. The summed E-state index contributed by atoms with van der Waals surface area (Å²) in [5.41, 5.74) is 3.85. The molecule has 0 amide bonds. The molecule has 114 valence electrons. The van der Waals surface area contributed by atoms with Gasteiger partial charge < -0.3 is 10.8 Å². The first-order valence-corrected chi connectivity index (χ1v) is 6.43. The van der Waals surface area contributed by atoms with Crippen LogP contribution >= 0.6 is 0 Å². The molecule has 0 radical (unpaired) electrons. The highest BCUT2D eigenvalue weighted by molar-refractivity contribution is 7.89. The molecule has 0 saturated heterocycles. The van der Waals surface area contributed by atoms with Gasteiger partial charge in [-0.25, -0.2) is 21.9 Å². The number of anilines is 1. The summed E-state index contributed by atoms with van der Waals surface area (Å²) in [6.45, 7) is -1.41. The van der Waals surface area contributed by atoms with Crippen molar-refractivity contribution in [2.75, 3.05) is 12.3 Å². The fourth-order valence-electron chi connectivity index (χ4n) is 1.14. The maximum Gasteiger partial charge on any atom is 0.415 e. The molecule has 1 aromatic rings. The molecule has 0 aliphatic carbocycles. The number of nitrogens with two attached hydrogens (primary N) is 1. The number of alkyl halides is 3. The van der Waals surface area contributed by atoms with Crippen LogP contribution in [0.1, 0.15) is 0 Å². The molecular weight excluding hydrogens is 311 g/mol. The summed E-state index contributed by atoms with van der Waals surface area (Å²) in [6.07, 6.45) is -8.00. The Labute approximate surface area is 110 Å². The van der Waals surface area contributed by atoms with Crippen molar-refractivity contribution in [3.05, 3.63) is 23.8 Å². The van der Waals surface area contributed by atoms with Crippen LogP contribution in [-0.4, -0.2) is 32.3 Å². The van der Waals surface area contributed by atoms with Gasteiger partial charge in [0.2, 0.25) is 10.0 Å². The van der Waals surface area contributed by atoms with E-state index in [1.54, 1.807) is 0 Å². The number of hydrogen-bond donors (Lipinski definition) is 3. The molecular formula is C9H9F5N2O3S. The number of benzene rings is 1. The summed E-state index contributed by atoms with van der Waals surface area (Å²) in [4.78, 5) is -1.12. The minimum absolute atomic E-state index is 0.503. The topological polar surface area (TPSA) is 92.4 Å². The largest absolute Gasteiger partial charge is 0.415 e. The van der Waals surface area contributed by atoms with Crippen LogP contribution in [0.25, 0.3) is 0 Å².